The highest BCUT2D eigenvalue weighted by molar-refractivity contribution is 5.69. The van der Waals surface area contributed by atoms with E-state index in [1.807, 2.05) is 26.0 Å². The summed E-state index contributed by atoms with van der Waals surface area (Å²) >= 11 is 0. The highest BCUT2D eigenvalue weighted by Crippen LogP contribution is 1.92. The van der Waals surface area contributed by atoms with Crippen LogP contribution in [0.1, 0.15) is 33.1 Å². The van der Waals surface area contributed by atoms with Crippen LogP contribution >= 0.6 is 0 Å². The minimum absolute atomic E-state index is 0.168. The van der Waals surface area contributed by atoms with Crippen LogP contribution in [0.25, 0.3) is 0 Å². The van der Waals surface area contributed by atoms with Gasteiger partial charge in [0.1, 0.15) is 0 Å². The van der Waals surface area contributed by atoms with Crippen molar-refractivity contribution in [2.24, 2.45) is 0 Å². The standard InChI is InChI=1S/C10H16O2/c1-3-5-6-7-9-12-10(11)8-4-2/h5-7,9H,3-4,8H2,1-2H3/b6-5+,9-7+. The molecule has 68 valence electrons. The summed E-state index contributed by atoms with van der Waals surface area (Å²) in [5.41, 5.74) is 0. The van der Waals surface area contributed by atoms with Crippen molar-refractivity contribution in [3.63, 3.8) is 0 Å². The number of carbonyl (C=O) groups is 1. The van der Waals surface area contributed by atoms with E-state index in [9.17, 15) is 4.79 Å². The lowest BCUT2D eigenvalue weighted by molar-refractivity contribution is -0.138. The van der Waals surface area contributed by atoms with E-state index in [1.165, 1.54) is 6.26 Å². The second-order valence-electron chi connectivity index (χ2n) is 2.40. The molecule has 0 saturated carbocycles. The van der Waals surface area contributed by atoms with Gasteiger partial charge in [-0.15, -0.1) is 0 Å². The highest BCUT2D eigenvalue weighted by Gasteiger charge is 1.95. The number of rotatable bonds is 5. The molecule has 0 atom stereocenters. The van der Waals surface area contributed by atoms with Gasteiger partial charge in [-0.2, -0.15) is 0 Å². The lowest BCUT2D eigenvalue weighted by Gasteiger charge is -1.93. The Bertz CT molecular complexity index is 169. The molecular weight excluding hydrogens is 152 g/mol. The van der Waals surface area contributed by atoms with Gasteiger partial charge in [-0.25, -0.2) is 0 Å². The summed E-state index contributed by atoms with van der Waals surface area (Å²) in [4.78, 5) is 10.8. The van der Waals surface area contributed by atoms with Crippen LogP contribution < -0.4 is 0 Å². The Hall–Kier alpha value is -1.05. The van der Waals surface area contributed by atoms with E-state index < -0.39 is 0 Å². The molecule has 12 heavy (non-hydrogen) atoms. The number of ether oxygens (including phenoxy) is 1. The molecule has 0 aliphatic carbocycles. The highest BCUT2D eigenvalue weighted by atomic mass is 16.5. The van der Waals surface area contributed by atoms with Crippen molar-refractivity contribution >= 4 is 5.97 Å². The normalized spacial score (nSPS) is 11.2. The Labute approximate surface area is 73.9 Å². The van der Waals surface area contributed by atoms with Gasteiger partial charge in [-0.3, -0.25) is 4.79 Å². The molecule has 0 amide bonds. The summed E-state index contributed by atoms with van der Waals surface area (Å²) in [5, 5.41) is 0. The van der Waals surface area contributed by atoms with Crippen LogP contribution in [-0.4, -0.2) is 5.97 Å². The number of esters is 1. The van der Waals surface area contributed by atoms with Crippen LogP contribution in [0.2, 0.25) is 0 Å². The van der Waals surface area contributed by atoms with Crippen LogP contribution in [0.3, 0.4) is 0 Å². The van der Waals surface area contributed by atoms with E-state index in [-0.39, 0.29) is 5.97 Å². The van der Waals surface area contributed by atoms with Gasteiger partial charge in [0.05, 0.1) is 6.26 Å². The topological polar surface area (TPSA) is 26.3 Å². The monoisotopic (exact) mass is 168 g/mol. The maximum absolute atomic E-state index is 10.8. The molecular formula is C10H16O2. The summed E-state index contributed by atoms with van der Waals surface area (Å²) in [5.74, 6) is -0.168. The van der Waals surface area contributed by atoms with E-state index in [0.717, 1.165) is 12.8 Å². The second-order valence-corrected chi connectivity index (χ2v) is 2.40. The van der Waals surface area contributed by atoms with Crippen LogP contribution in [-0.2, 0) is 9.53 Å². The molecule has 0 aromatic heterocycles. The maximum atomic E-state index is 10.8. The lowest BCUT2D eigenvalue weighted by Crippen LogP contribution is -1.97. The van der Waals surface area contributed by atoms with Crippen LogP contribution in [0, 0.1) is 0 Å². The first-order valence-corrected chi connectivity index (χ1v) is 4.32. The van der Waals surface area contributed by atoms with Crippen molar-refractivity contribution < 1.29 is 9.53 Å². The molecule has 0 aromatic carbocycles. The van der Waals surface area contributed by atoms with Gasteiger partial charge in [-0.05, 0) is 18.9 Å². The summed E-state index contributed by atoms with van der Waals surface area (Å²) < 4.78 is 4.76. The van der Waals surface area contributed by atoms with Gasteiger partial charge in [0.25, 0.3) is 0 Å². The van der Waals surface area contributed by atoms with Gasteiger partial charge in [-0.1, -0.05) is 26.0 Å². The molecule has 0 heterocycles. The fourth-order valence-electron chi connectivity index (χ4n) is 0.638. The number of hydrogen-bond donors (Lipinski definition) is 0. The fraction of sp³-hybridized carbons (Fsp3) is 0.500. The average molecular weight is 168 g/mol. The molecule has 0 N–H and O–H groups in total. The summed E-state index contributed by atoms with van der Waals surface area (Å²) in [6.07, 6.45) is 9.30. The van der Waals surface area contributed by atoms with E-state index in [0.29, 0.717) is 6.42 Å². The first kappa shape index (κ1) is 11.0. The van der Waals surface area contributed by atoms with Crippen molar-refractivity contribution in [2.75, 3.05) is 0 Å². The Morgan fingerprint density at radius 2 is 2.08 bits per heavy atom. The zero-order valence-corrected chi connectivity index (χ0v) is 7.75. The molecule has 0 aromatic rings. The number of allylic oxidation sites excluding steroid dienone is 3. The molecule has 0 fully saturated rings. The largest absolute Gasteiger partial charge is 0.434 e. The van der Waals surface area contributed by atoms with Gasteiger partial charge in [0, 0.05) is 6.42 Å². The Morgan fingerprint density at radius 3 is 2.67 bits per heavy atom. The molecule has 0 spiro atoms. The minimum atomic E-state index is -0.168. The third kappa shape index (κ3) is 7.06. The van der Waals surface area contributed by atoms with E-state index in [2.05, 4.69) is 0 Å². The third-order valence-corrected chi connectivity index (χ3v) is 1.22. The van der Waals surface area contributed by atoms with E-state index in [4.69, 9.17) is 4.74 Å². The van der Waals surface area contributed by atoms with Crippen LogP contribution in [0.15, 0.2) is 24.5 Å². The molecule has 0 rings (SSSR count). The zero-order valence-electron chi connectivity index (χ0n) is 7.75. The fourth-order valence-corrected chi connectivity index (χ4v) is 0.638. The Morgan fingerprint density at radius 1 is 1.33 bits per heavy atom. The SMILES string of the molecule is CC/C=C/C=C/OC(=O)CCC. The van der Waals surface area contributed by atoms with Crippen LogP contribution in [0.5, 0.6) is 0 Å². The molecule has 0 aliphatic rings. The molecule has 0 bridgehead atoms. The van der Waals surface area contributed by atoms with E-state index in [1.54, 1.807) is 6.08 Å². The van der Waals surface area contributed by atoms with Crippen molar-refractivity contribution in [2.45, 2.75) is 33.1 Å². The van der Waals surface area contributed by atoms with Gasteiger partial charge in [0.2, 0.25) is 0 Å². The molecule has 2 nitrogen and oxygen atoms in total. The smallest absolute Gasteiger partial charge is 0.310 e. The second kappa shape index (κ2) is 8.05. The van der Waals surface area contributed by atoms with Crippen molar-refractivity contribution in [3.8, 4) is 0 Å². The zero-order chi connectivity index (χ0) is 9.23. The van der Waals surface area contributed by atoms with Gasteiger partial charge in [0.15, 0.2) is 0 Å². The van der Waals surface area contributed by atoms with Crippen LogP contribution in [0.4, 0.5) is 0 Å². The molecule has 0 unspecified atom stereocenters. The van der Waals surface area contributed by atoms with Crippen molar-refractivity contribution in [1.29, 1.82) is 0 Å². The van der Waals surface area contributed by atoms with Gasteiger partial charge < -0.3 is 4.74 Å². The number of carbonyl (C=O) groups excluding carboxylic acids is 1. The van der Waals surface area contributed by atoms with Gasteiger partial charge >= 0.3 is 5.97 Å². The quantitative estimate of drug-likeness (QED) is 0.358. The predicted molar refractivity (Wildman–Crippen MR) is 49.6 cm³/mol. The minimum Gasteiger partial charge on any atom is -0.434 e. The first-order chi connectivity index (χ1) is 5.81. The lowest BCUT2D eigenvalue weighted by atomic mass is 10.3. The molecule has 2 heteroatoms. The van der Waals surface area contributed by atoms with Crippen molar-refractivity contribution in [1.82, 2.24) is 0 Å². The summed E-state index contributed by atoms with van der Waals surface area (Å²) in [6, 6.07) is 0. The van der Waals surface area contributed by atoms with E-state index >= 15 is 0 Å². The Balaban J connectivity index is 3.46. The molecule has 0 aliphatic heterocycles. The molecule has 0 saturated heterocycles. The van der Waals surface area contributed by atoms with Crippen molar-refractivity contribution in [3.05, 3.63) is 24.5 Å². The average Bonchev–Trinajstić information content (AvgIpc) is 2.05. The maximum Gasteiger partial charge on any atom is 0.310 e. The summed E-state index contributed by atoms with van der Waals surface area (Å²) in [7, 11) is 0. The first-order valence-electron chi connectivity index (χ1n) is 4.32. The summed E-state index contributed by atoms with van der Waals surface area (Å²) in [6.45, 7) is 4.00. The Kier molecular flexibility index (Phi) is 7.35. The third-order valence-electron chi connectivity index (χ3n) is 1.22. The number of hydrogen-bond acceptors (Lipinski definition) is 2. The molecule has 0 radical (unpaired) electrons. The predicted octanol–water partition coefficient (Wildman–Crippen LogP) is 2.81.